The first-order chi connectivity index (χ1) is 6.78. The molecule has 1 spiro atoms. The summed E-state index contributed by atoms with van der Waals surface area (Å²) in [6.07, 6.45) is 8.35. The highest BCUT2D eigenvalue weighted by atomic mass is 16.5. The zero-order valence-electron chi connectivity index (χ0n) is 8.84. The number of allylic oxidation sites excluding steroid dienone is 1. The summed E-state index contributed by atoms with van der Waals surface area (Å²) in [5.74, 6) is 0.378. The number of carbonyl (C=O) groups is 1. The number of Topliss-reactive ketones (excluding diaryl/α,β-unsaturated/α-hetero) is 1. The van der Waals surface area contributed by atoms with E-state index in [1.54, 1.807) is 6.26 Å². The highest BCUT2D eigenvalue weighted by molar-refractivity contribution is 6.02. The van der Waals surface area contributed by atoms with Crippen LogP contribution in [0.5, 0.6) is 0 Å². The van der Waals surface area contributed by atoms with E-state index in [9.17, 15) is 4.79 Å². The Labute approximate surface area is 85.3 Å². The van der Waals surface area contributed by atoms with Crippen molar-refractivity contribution in [2.24, 2.45) is 5.41 Å². The van der Waals surface area contributed by atoms with E-state index < -0.39 is 0 Å². The van der Waals surface area contributed by atoms with Crippen LogP contribution in [0.1, 0.15) is 45.4 Å². The lowest BCUT2D eigenvalue weighted by molar-refractivity contribution is -0.122. The van der Waals surface area contributed by atoms with Gasteiger partial charge in [0.2, 0.25) is 0 Å². The van der Waals surface area contributed by atoms with Gasteiger partial charge in [-0.1, -0.05) is 12.8 Å². The molecule has 0 N–H and O–H groups in total. The smallest absolute Gasteiger partial charge is 0.168 e. The SMILES string of the molecule is CCO/C=C1/CCC2(CCCC2)C1=O. The molecule has 2 saturated carbocycles. The van der Waals surface area contributed by atoms with Crippen molar-refractivity contribution in [3.8, 4) is 0 Å². The van der Waals surface area contributed by atoms with Gasteiger partial charge in [0.25, 0.3) is 0 Å². The van der Waals surface area contributed by atoms with Gasteiger partial charge in [-0.3, -0.25) is 4.79 Å². The number of ketones is 1. The lowest BCUT2D eigenvalue weighted by Crippen LogP contribution is -2.22. The maximum Gasteiger partial charge on any atom is 0.168 e. The van der Waals surface area contributed by atoms with Gasteiger partial charge < -0.3 is 4.74 Å². The fraction of sp³-hybridized carbons (Fsp3) is 0.750. The van der Waals surface area contributed by atoms with Gasteiger partial charge in [-0.05, 0) is 32.6 Å². The first kappa shape index (κ1) is 9.75. The topological polar surface area (TPSA) is 26.3 Å². The molecule has 2 rings (SSSR count). The molecule has 0 aromatic carbocycles. The molecule has 0 aliphatic heterocycles. The van der Waals surface area contributed by atoms with Crippen LogP contribution in [0, 0.1) is 5.41 Å². The maximum absolute atomic E-state index is 12.1. The van der Waals surface area contributed by atoms with Crippen molar-refractivity contribution >= 4 is 5.78 Å². The molecule has 0 aromatic rings. The summed E-state index contributed by atoms with van der Waals surface area (Å²) in [6, 6.07) is 0. The molecule has 0 unspecified atom stereocenters. The van der Waals surface area contributed by atoms with E-state index in [4.69, 9.17) is 4.74 Å². The third-order valence-corrected chi connectivity index (χ3v) is 3.60. The summed E-state index contributed by atoms with van der Waals surface area (Å²) >= 11 is 0. The monoisotopic (exact) mass is 194 g/mol. The molecule has 0 atom stereocenters. The molecule has 2 heteroatoms. The van der Waals surface area contributed by atoms with Gasteiger partial charge in [-0.15, -0.1) is 0 Å². The molecule has 0 radical (unpaired) electrons. The molecule has 0 heterocycles. The van der Waals surface area contributed by atoms with Crippen LogP contribution in [0.4, 0.5) is 0 Å². The van der Waals surface area contributed by atoms with Crippen LogP contribution in [0.25, 0.3) is 0 Å². The fourth-order valence-corrected chi connectivity index (χ4v) is 2.77. The second-order valence-electron chi connectivity index (χ2n) is 4.41. The summed E-state index contributed by atoms with van der Waals surface area (Å²) in [7, 11) is 0. The highest BCUT2D eigenvalue weighted by Gasteiger charge is 2.46. The van der Waals surface area contributed by atoms with Gasteiger partial charge in [0.05, 0.1) is 12.9 Å². The first-order valence-corrected chi connectivity index (χ1v) is 5.64. The van der Waals surface area contributed by atoms with E-state index in [-0.39, 0.29) is 5.41 Å². The van der Waals surface area contributed by atoms with Gasteiger partial charge in [-0.25, -0.2) is 0 Å². The van der Waals surface area contributed by atoms with E-state index in [1.807, 2.05) is 6.92 Å². The Balaban J connectivity index is 2.10. The molecule has 0 amide bonds. The Morgan fingerprint density at radius 2 is 2.07 bits per heavy atom. The van der Waals surface area contributed by atoms with E-state index in [0.717, 1.165) is 31.3 Å². The second-order valence-corrected chi connectivity index (χ2v) is 4.41. The van der Waals surface area contributed by atoms with Crippen molar-refractivity contribution in [3.63, 3.8) is 0 Å². The molecule has 14 heavy (non-hydrogen) atoms. The third-order valence-electron chi connectivity index (χ3n) is 3.60. The van der Waals surface area contributed by atoms with E-state index in [2.05, 4.69) is 0 Å². The fourth-order valence-electron chi connectivity index (χ4n) is 2.77. The summed E-state index contributed by atoms with van der Waals surface area (Å²) in [5, 5.41) is 0. The van der Waals surface area contributed by atoms with Crippen LogP contribution in [0.2, 0.25) is 0 Å². The number of hydrogen-bond acceptors (Lipinski definition) is 2. The number of rotatable bonds is 2. The molecule has 0 saturated heterocycles. The number of ether oxygens (including phenoxy) is 1. The zero-order valence-corrected chi connectivity index (χ0v) is 8.84. The molecular weight excluding hydrogens is 176 g/mol. The molecule has 0 aromatic heterocycles. The Kier molecular flexibility index (Phi) is 2.62. The molecule has 0 bridgehead atoms. The van der Waals surface area contributed by atoms with Crippen LogP contribution < -0.4 is 0 Å². The van der Waals surface area contributed by atoms with Crippen LogP contribution in [-0.2, 0) is 9.53 Å². The molecule has 2 aliphatic carbocycles. The predicted octanol–water partition coefficient (Wildman–Crippen LogP) is 2.83. The van der Waals surface area contributed by atoms with E-state index in [0.29, 0.717) is 12.4 Å². The summed E-state index contributed by atoms with van der Waals surface area (Å²) in [4.78, 5) is 12.1. The van der Waals surface area contributed by atoms with Crippen LogP contribution in [-0.4, -0.2) is 12.4 Å². The van der Waals surface area contributed by atoms with Crippen LogP contribution in [0.3, 0.4) is 0 Å². The predicted molar refractivity (Wildman–Crippen MR) is 54.9 cm³/mol. The Hall–Kier alpha value is -0.790. The van der Waals surface area contributed by atoms with Gasteiger partial charge in [0.15, 0.2) is 5.78 Å². The van der Waals surface area contributed by atoms with Gasteiger partial charge in [0, 0.05) is 11.0 Å². The molecular formula is C12H18O2. The van der Waals surface area contributed by atoms with E-state index in [1.165, 1.54) is 12.8 Å². The summed E-state index contributed by atoms with van der Waals surface area (Å²) < 4.78 is 5.21. The van der Waals surface area contributed by atoms with Crippen LogP contribution >= 0.6 is 0 Å². The summed E-state index contributed by atoms with van der Waals surface area (Å²) in [6.45, 7) is 2.60. The largest absolute Gasteiger partial charge is 0.501 e. The average molecular weight is 194 g/mol. The number of hydrogen-bond donors (Lipinski definition) is 0. The minimum absolute atomic E-state index is 0.0307. The molecule has 2 fully saturated rings. The minimum Gasteiger partial charge on any atom is -0.501 e. The molecule has 2 aliphatic rings. The standard InChI is InChI=1S/C12H18O2/c1-2-14-9-10-5-8-12(11(10)13)6-3-4-7-12/h9H,2-8H2,1H3/b10-9-. The van der Waals surface area contributed by atoms with Gasteiger partial charge in [0.1, 0.15) is 0 Å². The van der Waals surface area contributed by atoms with Crippen molar-refractivity contribution in [2.45, 2.75) is 45.4 Å². The lowest BCUT2D eigenvalue weighted by Gasteiger charge is -2.18. The van der Waals surface area contributed by atoms with Gasteiger partial charge >= 0.3 is 0 Å². The quantitative estimate of drug-likeness (QED) is 0.499. The Morgan fingerprint density at radius 3 is 2.71 bits per heavy atom. The van der Waals surface area contributed by atoms with Crippen molar-refractivity contribution in [3.05, 3.63) is 11.8 Å². The van der Waals surface area contributed by atoms with E-state index >= 15 is 0 Å². The van der Waals surface area contributed by atoms with Crippen molar-refractivity contribution in [2.75, 3.05) is 6.61 Å². The third kappa shape index (κ3) is 1.47. The Bertz CT molecular complexity index is 259. The zero-order chi connectivity index (χ0) is 10.0. The van der Waals surface area contributed by atoms with Crippen LogP contribution in [0.15, 0.2) is 11.8 Å². The second kappa shape index (κ2) is 3.76. The highest BCUT2D eigenvalue weighted by Crippen LogP contribution is 2.49. The Morgan fingerprint density at radius 1 is 1.36 bits per heavy atom. The normalized spacial score (nSPS) is 27.8. The lowest BCUT2D eigenvalue weighted by atomic mass is 9.83. The average Bonchev–Trinajstić information content (AvgIpc) is 2.77. The van der Waals surface area contributed by atoms with Crippen molar-refractivity contribution < 1.29 is 9.53 Å². The minimum atomic E-state index is 0.0307. The maximum atomic E-state index is 12.1. The first-order valence-electron chi connectivity index (χ1n) is 5.64. The summed E-state index contributed by atoms with van der Waals surface area (Å²) in [5.41, 5.74) is 0.955. The van der Waals surface area contributed by atoms with Gasteiger partial charge in [-0.2, -0.15) is 0 Å². The molecule has 78 valence electrons. The molecule has 2 nitrogen and oxygen atoms in total. The van der Waals surface area contributed by atoms with Crippen molar-refractivity contribution in [1.29, 1.82) is 0 Å². The number of carbonyl (C=O) groups excluding carboxylic acids is 1. The van der Waals surface area contributed by atoms with Crippen molar-refractivity contribution in [1.82, 2.24) is 0 Å².